The Labute approximate surface area is 204 Å². The molecule has 1 unspecified atom stereocenters. The summed E-state index contributed by atoms with van der Waals surface area (Å²) in [6, 6.07) is 13.2. The molecular weight excluding hydrogens is 454 g/mol. The topological polar surface area (TPSA) is 90.0 Å². The van der Waals surface area contributed by atoms with Crippen LogP contribution in [-0.4, -0.2) is 58.5 Å². The van der Waals surface area contributed by atoms with E-state index in [9.17, 15) is 19.5 Å². The molecule has 2 aromatic rings. The summed E-state index contributed by atoms with van der Waals surface area (Å²) in [4.78, 5) is 41.2. The lowest BCUT2D eigenvalue weighted by Gasteiger charge is -2.38. The maximum absolute atomic E-state index is 12.9. The first-order valence-electron chi connectivity index (χ1n) is 11.7. The number of hydrogen-bond donors (Lipinski definition) is 2. The van der Waals surface area contributed by atoms with E-state index >= 15 is 0 Å². The van der Waals surface area contributed by atoms with Crippen LogP contribution in [0.3, 0.4) is 0 Å². The average Bonchev–Trinajstić information content (AvgIpc) is 2.99. The zero-order valence-corrected chi connectivity index (χ0v) is 20.1. The Morgan fingerprint density at radius 2 is 1.88 bits per heavy atom. The number of hydrogen-bond acceptors (Lipinski definition) is 3. The molecule has 2 aromatic carbocycles. The van der Waals surface area contributed by atoms with Gasteiger partial charge in [-0.1, -0.05) is 41.9 Å². The van der Waals surface area contributed by atoms with Gasteiger partial charge < -0.3 is 20.2 Å². The second-order valence-corrected chi connectivity index (χ2v) is 9.58. The number of carbonyl (C=O) groups is 3. The molecule has 34 heavy (non-hydrogen) atoms. The van der Waals surface area contributed by atoms with Crippen molar-refractivity contribution in [3.8, 4) is 0 Å². The molecule has 1 fully saturated rings. The van der Waals surface area contributed by atoms with E-state index in [1.807, 2.05) is 48.2 Å². The number of para-hydroxylation sites is 1. The number of halogens is 1. The second kappa shape index (κ2) is 10.5. The van der Waals surface area contributed by atoms with Gasteiger partial charge in [0, 0.05) is 42.8 Å². The Hall–Kier alpha value is -3.06. The van der Waals surface area contributed by atoms with Crippen molar-refractivity contribution >= 4 is 35.2 Å². The summed E-state index contributed by atoms with van der Waals surface area (Å²) in [5.41, 5.74) is 3.73. The molecule has 8 heteroatoms. The fraction of sp³-hybridized carbons (Fsp3) is 0.423. The highest BCUT2D eigenvalue weighted by Crippen LogP contribution is 2.26. The van der Waals surface area contributed by atoms with E-state index in [4.69, 9.17) is 11.6 Å². The lowest BCUT2D eigenvalue weighted by molar-refractivity contribution is -0.146. The number of carbonyl (C=O) groups excluding carboxylic acids is 2. The van der Waals surface area contributed by atoms with Crippen LogP contribution < -0.4 is 5.32 Å². The lowest BCUT2D eigenvalue weighted by atomic mass is 9.94. The predicted octanol–water partition coefficient (Wildman–Crippen LogP) is 4.36. The minimum atomic E-state index is -0.975. The molecule has 2 N–H and O–H groups in total. The van der Waals surface area contributed by atoms with E-state index in [1.165, 1.54) is 0 Å². The van der Waals surface area contributed by atoms with Gasteiger partial charge in [0.15, 0.2) is 0 Å². The molecule has 2 aliphatic heterocycles. The van der Waals surface area contributed by atoms with Gasteiger partial charge in [0.2, 0.25) is 5.91 Å². The third-order valence-electron chi connectivity index (χ3n) is 6.87. The SMILES string of the molecule is Cc1cc(CC(CC(=O)N2CCC(N3CCc4ccccc4NC3=O)CC2)C(=O)O)ccc1Cl. The number of benzene rings is 2. The number of carboxylic acids is 1. The van der Waals surface area contributed by atoms with Crippen molar-refractivity contribution in [2.45, 2.75) is 45.1 Å². The normalized spacial score (nSPS) is 17.5. The van der Waals surface area contributed by atoms with Gasteiger partial charge in [0.05, 0.1) is 5.92 Å². The third kappa shape index (κ3) is 5.53. The molecule has 0 radical (unpaired) electrons. The number of rotatable bonds is 6. The molecule has 0 spiro atoms. The fourth-order valence-corrected chi connectivity index (χ4v) is 4.99. The van der Waals surface area contributed by atoms with Crippen LogP contribution in [0.1, 0.15) is 36.0 Å². The summed E-state index contributed by atoms with van der Waals surface area (Å²) in [6.07, 6.45) is 2.40. The van der Waals surface area contributed by atoms with Gasteiger partial charge in [-0.25, -0.2) is 4.79 Å². The van der Waals surface area contributed by atoms with Crippen LogP contribution in [-0.2, 0) is 22.4 Å². The van der Waals surface area contributed by atoms with Gasteiger partial charge in [-0.2, -0.15) is 0 Å². The van der Waals surface area contributed by atoms with Gasteiger partial charge in [0.25, 0.3) is 0 Å². The van der Waals surface area contributed by atoms with Crippen molar-refractivity contribution in [2.75, 3.05) is 25.0 Å². The number of carboxylic acid groups (broad SMARTS) is 1. The molecule has 1 atom stereocenters. The fourth-order valence-electron chi connectivity index (χ4n) is 4.87. The van der Waals surface area contributed by atoms with Crippen LogP contribution in [0.25, 0.3) is 0 Å². The van der Waals surface area contributed by atoms with Crippen molar-refractivity contribution in [3.05, 3.63) is 64.2 Å². The van der Waals surface area contributed by atoms with Crippen LogP contribution in [0.15, 0.2) is 42.5 Å². The second-order valence-electron chi connectivity index (χ2n) is 9.17. The first-order valence-corrected chi connectivity index (χ1v) is 12.1. The predicted molar refractivity (Wildman–Crippen MR) is 131 cm³/mol. The van der Waals surface area contributed by atoms with E-state index in [-0.39, 0.29) is 30.8 Å². The van der Waals surface area contributed by atoms with Crippen molar-refractivity contribution < 1.29 is 19.5 Å². The van der Waals surface area contributed by atoms with Crippen LogP contribution in [0.2, 0.25) is 5.02 Å². The highest BCUT2D eigenvalue weighted by Gasteiger charge is 2.32. The summed E-state index contributed by atoms with van der Waals surface area (Å²) < 4.78 is 0. The van der Waals surface area contributed by atoms with Crippen LogP contribution >= 0.6 is 11.6 Å². The zero-order valence-electron chi connectivity index (χ0n) is 19.3. The van der Waals surface area contributed by atoms with Crippen molar-refractivity contribution in [1.29, 1.82) is 0 Å². The summed E-state index contributed by atoms with van der Waals surface area (Å²) in [5.74, 6) is -1.92. The van der Waals surface area contributed by atoms with E-state index in [0.717, 1.165) is 28.8 Å². The van der Waals surface area contributed by atoms with E-state index < -0.39 is 11.9 Å². The number of amides is 3. The molecule has 1 saturated heterocycles. The van der Waals surface area contributed by atoms with Gasteiger partial charge in [-0.3, -0.25) is 9.59 Å². The highest BCUT2D eigenvalue weighted by molar-refractivity contribution is 6.31. The molecule has 0 aromatic heterocycles. The number of likely N-dealkylation sites (tertiary alicyclic amines) is 1. The highest BCUT2D eigenvalue weighted by atomic mass is 35.5. The summed E-state index contributed by atoms with van der Waals surface area (Å²) in [5, 5.41) is 13.3. The molecule has 3 amide bonds. The number of anilines is 1. The minimum absolute atomic E-state index is 0.0405. The Kier molecular flexibility index (Phi) is 7.41. The van der Waals surface area contributed by atoms with Crippen LogP contribution in [0.5, 0.6) is 0 Å². The standard InChI is InChI=1S/C26H30ClN3O4/c1-17-14-18(6-7-22(17)27)15-20(25(32)33)16-24(31)29-11-9-21(10-12-29)30-13-8-19-4-2-3-5-23(19)28-26(30)34/h2-7,14,20-21H,8-13,15-16H2,1H3,(H,28,34)(H,32,33). The van der Waals surface area contributed by atoms with Crippen molar-refractivity contribution in [2.24, 2.45) is 5.92 Å². The Bertz CT molecular complexity index is 1080. The summed E-state index contributed by atoms with van der Waals surface area (Å²) in [7, 11) is 0. The molecule has 0 bridgehead atoms. The van der Waals surface area contributed by atoms with Gasteiger partial charge in [0.1, 0.15) is 0 Å². The summed E-state index contributed by atoms with van der Waals surface area (Å²) >= 11 is 6.07. The van der Waals surface area contributed by atoms with Gasteiger partial charge in [-0.05, 0) is 61.4 Å². The van der Waals surface area contributed by atoms with Gasteiger partial charge in [-0.15, -0.1) is 0 Å². The van der Waals surface area contributed by atoms with Crippen LogP contribution in [0.4, 0.5) is 10.5 Å². The quantitative estimate of drug-likeness (QED) is 0.638. The molecule has 7 nitrogen and oxygen atoms in total. The lowest BCUT2D eigenvalue weighted by Crippen LogP contribution is -2.50. The number of nitrogens with one attached hydrogen (secondary N) is 1. The maximum Gasteiger partial charge on any atom is 0.322 e. The maximum atomic E-state index is 12.9. The number of fused-ring (bicyclic) bond motifs is 1. The monoisotopic (exact) mass is 483 g/mol. The minimum Gasteiger partial charge on any atom is -0.481 e. The summed E-state index contributed by atoms with van der Waals surface area (Å²) in [6.45, 7) is 3.56. The largest absolute Gasteiger partial charge is 0.481 e. The Morgan fingerprint density at radius 1 is 1.15 bits per heavy atom. The number of aliphatic carboxylic acids is 1. The van der Waals surface area contributed by atoms with Crippen molar-refractivity contribution in [3.63, 3.8) is 0 Å². The smallest absolute Gasteiger partial charge is 0.322 e. The molecule has 4 rings (SSSR count). The first-order chi connectivity index (χ1) is 16.3. The third-order valence-corrected chi connectivity index (χ3v) is 7.30. The molecule has 0 aliphatic carbocycles. The van der Waals surface area contributed by atoms with E-state index in [2.05, 4.69) is 5.32 Å². The zero-order chi connectivity index (χ0) is 24.2. The van der Waals surface area contributed by atoms with Crippen molar-refractivity contribution in [1.82, 2.24) is 9.80 Å². The number of aryl methyl sites for hydroxylation is 1. The molecule has 2 aliphatic rings. The Morgan fingerprint density at radius 3 is 2.59 bits per heavy atom. The van der Waals surface area contributed by atoms with E-state index in [0.29, 0.717) is 37.5 Å². The molecular formula is C26H30ClN3O4. The van der Waals surface area contributed by atoms with E-state index in [1.54, 1.807) is 11.0 Å². The van der Waals surface area contributed by atoms with Gasteiger partial charge >= 0.3 is 12.0 Å². The molecule has 0 saturated carbocycles. The Balaban J connectivity index is 1.32. The number of piperidine rings is 1. The number of nitrogens with zero attached hydrogens (tertiary/aromatic N) is 2. The first kappa shape index (κ1) is 24.1. The molecule has 2 heterocycles. The average molecular weight is 484 g/mol. The van der Waals surface area contributed by atoms with Crippen LogP contribution in [0, 0.1) is 12.8 Å². The number of urea groups is 1. The molecule has 180 valence electrons.